The number of fused-ring (bicyclic) bond motifs is 1. The Kier molecular flexibility index (Phi) is 3.41. The second-order valence-corrected chi connectivity index (χ2v) is 7.78. The number of hydrogen-bond donors (Lipinski definition) is 0. The van der Waals surface area contributed by atoms with Crippen LogP contribution in [0.15, 0.2) is 58.3 Å². The van der Waals surface area contributed by atoms with E-state index in [0.29, 0.717) is 4.58 Å². The van der Waals surface area contributed by atoms with Crippen molar-refractivity contribution in [2.75, 3.05) is 0 Å². The van der Waals surface area contributed by atoms with E-state index in [2.05, 4.69) is 55.5 Å². The Bertz CT molecular complexity index is 519. The van der Waals surface area contributed by atoms with Gasteiger partial charge in [-0.15, -0.1) is 11.8 Å². The Labute approximate surface area is 114 Å². The smallest absolute Gasteiger partial charge is 0.0905 e. The molecule has 0 aliphatic carbocycles. The molecule has 1 aliphatic heterocycles. The lowest BCUT2D eigenvalue weighted by Gasteiger charge is -2.22. The molecule has 1 heterocycles. The van der Waals surface area contributed by atoms with Crippen molar-refractivity contribution in [1.82, 2.24) is 0 Å². The Morgan fingerprint density at radius 3 is 2.35 bits per heavy atom. The van der Waals surface area contributed by atoms with Gasteiger partial charge in [-0.2, -0.15) is 0 Å². The van der Waals surface area contributed by atoms with Crippen LogP contribution in [0.5, 0.6) is 0 Å². The van der Waals surface area contributed by atoms with Crippen molar-refractivity contribution in [2.45, 2.75) is 21.3 Å². The third kappa shape index (κ3) is 2.51. The van der Waals surface area contributed by atoms with Gasteiger partial charge in [0.1, 0.15) is 0 Å². The Balaban J connectivity index is 1.86. The topological polar surface area (TPSA) is 0 Å². The first-order chi connectivity index (χ1) is 8.33. The van der Waals surface area contributed by atoms with Gasteiger partial charge in [0, 0.05) is 9.79 Å². The van der Waals surface area contributed by atoms with Crippen LogP contribution in [0, 0.1) is 6.92 Å². The molecule has 3 rings (SSSR count). The minimum atomic E-state index is 0.510. The van der Waals surface area contributed by atoms with Crippen molar-refractivity contribution in [3.63, 3.8) is 0 Å². The van der Waals surface area contributed by atoms with Crippen LogP contribution in [-0.4, -0.2) is 0 Å². The molecule has 1 unspecified atom stereocenters. The van der Waals surface area contributed by atoms with Crippen LogP contribution in [0.3, 0.4) is 0 Å². The summed E-state index contributed by atoms with van der Waals surface area (Å²) in [7, 11) is 3.84. The average molecular weight is 276 g/mol. The summed E-state index contributed by atoms with van der Waals surface area (Å²) in [5.41, 5.74) is 2.74. The van der Waals surface area contributed by atoms with E-state index in [1.165, 1.54) is 20.9 Å². The zero-order valence-electron chi connectivity index (χ0n) is 9.42. The molecule has 2 aromatic rings. The fourth-order valence-corrected chi connectivity index (χ4v) is 6.25. The molecule has 1 aliphatic rings. The first kappa shape index (κ1) is 11.6. The predicted molar refractivity (Wildman–Crippen MR) is 79.7 cm³/mol. The third-order valence-corrected chi connectivity index (χ3v) is 7.31. The van der Waals surface area contributed by atoms with E-state index < -0.39 is 0 Å². The second kappa shape index (κ2) is 5.01. The number of benzene rings is 2. The lowest BCUT2D eigenvalue weighted by atomic mass is 10.2. The molecule has 0 saturated heterocycles. The van der Waals surface area contributed by atoms with Gasteiger partial charge in [-0.3, -0.25) is 0 Å². The summed E-state index contributed by atoms with van der Waals surface area (Å²) >= 11 is 1.96. The molecule has 3 heteroatoms. The fraction of sp³-hybridized carbons (Fsp3) is 0.143. The van der Waals surface area contributed by atoms with Gasteiger partial charge in [0.05, 0.1) is 4.58 Å². The van der Waals surface area contributed by atoms with Gasteiger partial charge in [-0.1, -0.05) is 63.5 Å². The van der Waals surface area contributed by atoms with Gasteiger partial charge in [0.2, 0.25) is 0 Å². The van der Waals surface area contributed by atoms with Crippen molar-refractivity contribution >= 4 is 33.3 Å². The van der Waals surface area contributed by atoms with Crippen LogP contribution >= 0.6 is 33.3 Å². The predicted octanol–water partition coefficient (Wildman–Crippen LogP) is 5.54. The van der Waals surface area contributed by atoms with Gasteiger partial charge in [0.15, 0.2) is 0 Å². The number of aryl methyl sites for hydroxylation is 1. The van der Waals surface area contributed by atoms with Crippen LogP contribution in [0.1, 0.15) is 15.7 Å². The molecule has 2 aromatic carbocycles. The number of hydrogen-bond acceptors (Lipinski definition) is 3. The maximum absolute atomic E-state index is 2.24. The van der Waals surface area contributed by atoms with Gasteiger partial charge in [-0.25, -0.2) is 0 Å². The SMILES string of the molecule is Cc1ccc(C2SSc3ccccc3S2)cc1. The molecule has 0 fully saturated rings. The quantitative estimate of drug-likeness (QED) is 0.628. The van der Waals surface area contributed by atoms with Crippen LogP contribution in [0.25, 0.3) is 0 Å². The summed E-state index contributed by atoms with van der Waals surface area (Å²) < 4.78 is 0.510. The molecule has 0 bridgehead atoms. The molecule has 0 nitrogen and oxygen atoms in total. The van der Waals surface area contributed by atoms with E-state index in [1.54, 1.807) is 0 Å². The molecular weight excluding hydrogens is 264 g/mol. The van der Waals surface area contributed by atoms with Gasteiger partial charge in [-0.05, 0) is 24.6 Å². The molecule has 0 radical (unpaired) electrons. The highest BCUT2D eigenvalue weighted by molar-refractivity contribution is 8.78. The van der Waals surface area contributed by atoms with Crippen LogP contribution in [0.2, 0.25) is 0 Å². The number of rotatable bonds is 1. The summed E-state index contributed by atoms with van der Waals surface area (Å²) in [5, 5.41) is 0. The first-order valence-corrected chi connectivity index (χ1v) is 8.58. The largest absolute Gasteiger partial charge is 0.105 e. The molecule has 0 saturated carbocycles. The van der Waals surface area contributed by atoms with Crippen molar-refractivity contribution in [2.24, 2.45) is 0 Å². The van der Waals surface area contributed by atoms with Gasteiger partial charge in [0.25, 0.3) is 0 Å². The van der Waals surface area contributed by atoms with Crippen LogP contribution in [0.4, 0.5) is 0 Å². The van der Waals surface area contributed by atoms with E-state index in [4.69, 9.17) is 0 Å². The molecule has 17 heavy (non-hydrogen) atoms. The third-order valence-electron chi connectivity index (χ3n) is 2.66. The lowest BCUT2D eigenvalue weighted by Crippen LogP contribution is -1.92. The normalized spacial score (nSPS) is 18.8. The van der Waals surface area contributed by atoms with E-state index in [0.717, 1.165) is 0 Å². The van der Waals surface area contributed by atoms with Crippen LogP contribution in [-0.2, 0) is 0 Å². The second-order valence-electron chi connectivity index (χ2n) is 3.99. The summed E-state index contributed by atoms with van der Waals surface area (Å²) in [6.07, 6.45) is 0. The highest BCUT2D eigenvalue weighted by Gasteiger charge is 2.21. The van der Waals surface area contributed by atoms with E-state index in [9.17, 15) is 0 Å². The summed E-state index contributed by atoms with van der Waals surface area (Å²) in [6.45, 7) is 2.13. The molecule has 0 spiro atoms. The zero-order chi connectivity index (χ0) is 11.7. The molecule has 0 N–H and O–H groups in total. The van der Waals surface area contributed by atoms with E-state index in [-0.39, 0.29) is 0 Å². The molecule has 86 valence electrons. The van der Waals surface area contributed by atoms with E-state index in [1.807, 2.05) is 33.3 Å². The average Bonchev–Trinajstić information content (AvgIpc) is 2.39. The minimum absolute atomic E-state index is 0.510. The lowest BCUT2D eigenvalue weighted by molar-refractivity contribution is 1.23. The summed E-state index contributed by atoms with van der Waals surface area (Å²) in [6, 6.07) is 17.5. The Morgan fingerprint density at radius 2 is 1.59 bits per heavy atom. The molecule has 0 aromatic heterocycles. The number of thioether (sulfide) groups is 1. The highest BCUT2D eigenvalue weighted by Crippen LogP contribution is 2.58. The maximum atomic E-state index is 2.24. The monoisotopic (exact) mass is 276 g/mol. The van der Waals surface area contributed by atoms with Crippen molar-refractivity contribution in [1.29, 1.82) is 0 Å². The Hall–Kier alpha value is -0.510. The standard InChI is InChI=1S/C14H12S3/c1-10-6-8-11(9-7-10)14-15-12-4-2-3-5-13(12)16-17-14/h2-9,14H,1H3. The zero-order valence-corrected chi connectivity index (χ0v) is 11.9. The van der Waals surface area contributed by atoms with Gasteiger partial charge < -0.3 is 0 Å². The van der Waals surface area contributed by atoms with Crippen molar-refractivity contribution in [3.05, 3.63) is 59.7 Å². The Morgan fingerprint density at radius 1 is 0.882 bits per heavy atom. The highest BCUT2D eigenvalue weighted by atomic mass is 33.1. The molecule has 0 amide bonds. The van der Waals surface area contributed by atoms with Crippen LogP contribution < -0.4 is 0 Å². The molecular formula is C14H12S3. The fourth-order valence-electron chi connectivity index (χ4n) is 1.69. The minimum Gasteiger partial charge on any atom is -0.105 e. The van der Waals surface area contributed by atoms with E-state index >= 15 is 0 Å². The first-order valence-electron chi connectivity index (χ1n) is 5.48. The maximum Gasteiger partial charge on any atom is 0.0905 e. The van der Waals surface area contributed by atoms with Gasteiger partial charge >= 0.3 is 0 Å². The molecule has 1 atom stereocenters. The van der Waals surface area contributed by atoms with Crippen molar-refractivity contribution in [3.8, 4) is 0 Å². The van der Waals surface area contributed by atoms with Crippen molar-refractivity contribution < 1.29 is 0 Å². The summed E-state index contributed by atoms with van der Waals surface area (Å²) in [5.74, 6) is 0. The summed E-state index contributed by atoms with van der Waals surface area (Å²) in [4.78, 5) is 2.80.